The fourth-order valence-corrected chi connectivity index (χ4v) is 0.837. The van der Waals surface area contributed by atoms with Crippen molar-refractivity contribution in [2.75, 3.05) is 5.88 Å². The van der Waals surface area contributed by atoms with Crippen molar-refractivity contribution in [1.82, 2.24) is 0 Å². The zero-order valence-corrected chi connectivity index (χ0v) is 7.33. The van der Waals surface area contributed by atoms with Gasteiger partial charge in [-0.15, -0.1) is 0 Å². The van der Waals surface area contributed by atoms with E-state index in [1.165, 1.54) is 18.2 Å². The zero-order valence-electron chi connectivity index (χ0n) is 6.51. The van der Waals surface area contributed by atoms with Gasteiger partial charge in [-0.25, -0.2) is 4.39 Å². The van der Waals surface area contributed by atoms with Crippen LogP contribution in [-0.4, -0.2) is 14.6 Å². The monoisotopic (exact) mass is 201 g/mol. The summed E-state index contributed by atoms with van der Waals surface area (Å²) < 4.78 is 32.9. The Morgan fingerprint density at radius 2 is 2.15 bits per heavy atom. The first-order valence-electron chi connectivity index (χ1n) is 3.38. The van der Waals surface area contributed by atoms with Gasteiger partial charge in [0.25, 0.3) is 0 Å². The number of benzene rings is 1. The molecule has 1 aromatic carbocycles. The summed E-state index contributed by atoms with van der Waals surface area (Å²) in [6.45, 7) is 0. The smallest absolute Gasteiger partial charge is 0.150 e. The Bertz CT molecular complexity index is 343. The Morgan fingerprint density at radius 3 is 2.77 bits per heavy atom. The predicted molar refractivity (Wildman–Crippen MR) is 44.7 cm³/mol. The Morgan fingerprint density at radius 1 is 1.46 bits per heavy atom. The summed E-state index contributed by atoms with van der Waals surface area (Å²) in [5.74, 6) is -0.975. The van der Waals surface area contributed by atoms with E-state index in [4.69, 9.17) is 0 Å². The molecule has 0 heterocycles. The molecule has 0 aliphatic rings. The molecule has 1 atom stereocenters. The summed E-state index contributed by atoms with van der Waals surface area (Å²) in [5, 5.41) is 6.68. The van der Waals surface area contributed by atoms with E-state index < -0.39 is 22.8 Å². The maximum absolute atomic E-state index is 12.8. The minimum atomic E-state index is -2.28. The molecule has 0 saturated carbocycles. The van der Waals surface area contributed by atoms with Crippen LogP contribution in [0.15, 0.2) is 34.5 Å². The Hall–Kier alpha value is -1.14. The van der Waals surface area contributed by atoms with Gasteiger partial charge in [-0.2, -0.15) is 10.2 Å². The largest absolute Gasteiger partial charge is 0.771 e. The van der Waals surface area contributed by atoms with Crippen LogP contribution in [0.2, 0.25) is 0 Å². The van der Waals surface area contributed by atoms with Crippen molar-refractivity contribution in [3.8, 4) is 0 Å². The standard InChI is InChI=1S/C7H7FN2O2S/c8-6-3-1-2-4-7(6)10-9-5-13(11)12/h1-4H,5H2,(H,11,12)/p-1. The molecule has 0 saturated heterocycles. The number of rotatable bonds is 3. The maximum atomic E-state index is 12.8. The minimum Gasteiger partial charge on any atom is -0.771 e. The third-order valence-corrected chi connectivity index (χ3v) is 1.52. The summed E-state index contributed by atoms with van der Waals surface area (Å²) in [6.07, 6.45) is 0. The summed E-state index contributed by atoms with van der Waals surface area (Å²) in [6, 6.07) is 5.74. The van der Waals surface area contributed by atoms with Crippen LogP contribution in [0.4, 0.5) is 10.1 Å². The molecule has 4 nitrogen and oxygen atoms in total. The van der Waals surface area contributed by atoms with Crippen molar-refractivity contribution in [3.05, 3.63) is 30.1 Å². The van der Waals surface area contributed by atoms with Crippen LogP contribution in [0.1, 0.15) is 0 Å². The topological polar surface area (TPSA) is 64.8 Å². The molecule has 1 rings (SSSR count). The quantitative estimate of drug-likeness (QED) is 0.552. The van der Waals surface area contributed by atoms with Gasteiger partial charge in [-0.1, -0.05) is 12.1 Å². The molecule has 0 N–H and O–H groups in total. The summed E-state index contributed by atoms with van der Waals surface area (Å²) in [4.78, 5) is 0. The van der Waals surface area contributed by atoms with E-state index in [0.29, 0.717) is 0 Å². The molecule has 0 aromatic heterocycles. The third-order valence-electron chi connectivity index (χ3n) is 1.19. The molecule has 70 valence electrons. The lowest BCUT2D eigenvalue weighted by Crippen LogP contribution is -1.89. The van der Waals surface area contributed by atoms with Gasteiger partial charge in [-0.05, 0) is 23.2 Å². The van der Waals surface area contributed by atoms with E-state index in [-0.39, 0.29) is 5.69 Å². The average molecular weight is 201 g/mol. The molecule has 0 spiro atoms. The lowest BCUT2D eigenvalue weighted by Gasteiger charge is -1.97. The highest BCUT2D eigenvalue weighted by Crippen LogP contribution is 2.16. The molecular formula is C7H6FN2O2S-. The highest BCUT2D eigenvalue weighted by molar-refractivity contribution is 7.79. The molecule has 1 unspecified atom stereocenters. The third kappa shape index (κ3) is 3.39. The summed E-state index contributed by atoms with van der Waals surface area (Å²) in [5.41, 5.74) is 0.0351. The lowest BCUT2D eigenvalue weighted by atomic mass is 10.3. The van der Waals surface area contributed by atoms with Crippen molar-refractivity contribution in [2.24, 2.45) is 10.2 Å². The van der Waals surface area contributed by atoms with Crippen molar-refractivity contribution < 1.29 is 13.2 Å². The number of azo groups is 1. The number of nitrogens with zero attached hydrogens (tertiary/aromatic N) is 2. The fraction of sp³-hybridized carbons (Fsp3) is 0.143. The molecule has 0 radical (unpaired) electrons. The average Bonchev–Trinajstić information content (AvgIpc) is 2.08. The second-order valence-corrected chi connectivity index (χ2v) is 2.99. The Kier molecular flexibility index (Phi) is 3.66. The normalized spacial score (nSPS) is 13.4. The lowest BCUT2D eigenvalue weighted by molar-refractivity contribution is 0.536. The molecule has 0 bridgehead atoms. The fourth-order valence-electron chi connectivity index (χ4n) is 0.685. The van der Waals surface area contributed by atoms with E-state index in [0.717, 1.165) is 0 Å². The van der Waals surface area contributed by atoms with E-state index >= 15 is 0 Å². The van der Waals surface area contributed by atoms with E-state index in [1.807, 2.05) is 0 Å². The minimum absolute atomic E-state index is 0.0351. The van der Waals surface area contributed by atoms with Crippen LogP contribution >= 0.6 is 0 Å². The summed E-state index contributed by atoms with van der Waals surface area (Å²) >= 11 is -2.28. The highest BCUT2D eigenvalue weighted by atomic mass is 32.2. The Balaban J connectivity index is 2.68. The van der Waals surface area contributed by atoms with Gasteiger partial charge < -0.3 is 4.55 Å². The molecular weight excluding hydrogens is 195 g/mol. The van der Waals surface area contributed by atoms with Crippen LogP contribution in [0.25, 0.3) is 0 Å². The first-order chi connectivity index (χ1) is 6.20. The van der Waals surface area contributed by atoms with Gasteiger partial charge >= 0.3 is 0 Å². The molecule has 1 aromatic rings. The van der Waals surface area contributed by atoms with Crippen molar-refractivity contribution in [3.63, 3.8) is 0 Å². The maximum Gasteiger partial charge on any atom is 0.150 e. The van der Waals surface area contributed by atoms with Crippen molar-refractivity contribution >= 4 is 16.8 Å². The SMILES string of the molecule is O=S([O-])CN=Nc1ccccc1F. The number of hydrogen-bond acceptors (Lipinski definition) is 4. The predicted octanol–water partition coefficient (Wildman–Crippen LogP) is 1.75. The van der Waals surface area contributed by atoms with Crippen LogP contribution in [-0.2, 0) is 11.1 Å². The van der Waals surface area contributed by atoms with Gasteiger partial charge in [0.15, 0.2) is 5.82 Å². The second-order valence-electron chi connectivity index (χ2n) is 2.13. The van der Waals surface area contributed by atoms with Crippen molar-refractivity contribution in [2.45, 2.75) is 0 Å². The van der Waals surface area contributed by atoms with Crippen LogP contribution in [0.3, 0.4) is 0 Å². The number of hydrogen-bond donors (Lipinski definition) is 0. The van der Waals surface area contributed by atoms with Gasteiger partial charge in [0.1, 0.15) is 11.6 Å². The molecule has 6 heteroatoms. The van der Waals surface area contributed by atoms with Crippen LogP contribution in [0, 0.1) is 5.82 Å². The van der Waals surface area contributed by atoms with Gasteiger partial charge in [0.05, 0.1) is 0 Å². The molecule has 0 amide bonds. The first-order valence-corrected chi connectivity index (χ1v) is 4.62. The molecule has 0 aliphatic carbocycles. The van der Waals surface area contributed by atoms with Crippen LogP contribution < -0.4 is 0 Å². The van der Waals surface area contributed by atoms with Gasteiger partial charge in [-0.3, -0.25) is 4.21 Å². The van der Waals surface area contributed by atoms with Gasteiger partial charge in [0.2, 0.25) is 0 Å². The highest BCUT2D eigenvalue weighted by Gasteiger charge is 1.96. The van der Waals surface area contributed by atoms with Crippen LogP contribution in [0.5, 0.6) is 0 Å². The van der Waals surface area contributed by atoms with E-state index in [9.17, 15) is 13.2 Å². The molecule has 0 fully saturated rings. The van der Waals surface area contributed by atoms with Gasteiger partial charge in [0, 0.05) is 0 Å². The zero-order chi connectivity index (χ0) is 9.68. The number of halogens is 1. The molecule has 0 aliphatic heterocycles. The Labute approximate surface area is 76.8 Å². The van der Waals surface area contributed by atoms with E-state index in [1.54, 1.807) is 6.07 Å². The van der Waals surface area contributed by atoms with Crippen molar-refractivity contribution in [1.29, 1.82) is 0 Å². The molecule has 13 heavy (non-hydrogen) atoms. The second kappa shape index (κ2) is 4.78. The first kappa shape index (κ1) is 9.94. The summed E-state index contributed by atoms with van der Waals surface area (Å²) in [7, 11) is 0. The van der Waals surface area contributed by atoms with E-state index in [2.05, 4.69) is 10.2 Å².